The molecule has 10 heavy (non-hydrogen) atoms. The minimum Gasteiger partial charge on any atom is -1.00 e. The molecule has 4 heteroatoms. The molecule has 0 aliphatic rings. The number of halogens is 1. The number of unbranched alkanes of at least 4 members (excludes halogenated alkanes) is 2. The Labute approximate surface area is 83.9 Å². The van der Waals surface area contributed by atoms with Gasteiger partial charge < -0.3 is 22.3 Å². The molecule has 0 unspecified atom stereocenters. The second-order valence-corrected chi connectivity index (χ2v) is 1.83. The largest absolute Gasteiger partial charge is 2.00 e. The molecule has 0 heterocycles. The van der Waals surface area contributed by atoms with E-state index in [0.717, 1.165) is 19.3 Å². The normalized spacial score (nSPS) is 7.30. The van der Waals surface area contributed by atoms with Crippen molar-refractivity contribution in [2.75, 3.05) is 0 Å². The topological polar surface area (TPSA) is 40.1 Å². The van der Waals surface area contributed by atoms with Crippen molar-refractivity contribution in [3.8, 4) is 0 Å². The fourth-order valence-corrected chi connectivity index (χ4v) is 0.519. The van der Waals surface area contributed by atoms with E-state index in [0.29, 0.717) is 0 Å². The first kappa shape index (κ1) is 16.9. The maximum absolute atomic E-state index is 9.76. The average Bonchev–Trinajstić information content (AvgIpc) is 1.66. The molecule has 0 amide bonds. The fraction of sp³-hybridized carbons (Fsp3) is 0.833. The van der Waals surface area contributed by atoms with E-state index in [2.05, 4.69) is 0 Å². The smallest absolute Gasteiger partial charge is 1.00 e. The number of rotatable bonds is 4. The van der Waals surface area contributed by atoms with E-state index in [1.54, 1.807) is 0 Å². The predicted octanol–water partition coefficient (Wildman–Crippen LogP) is -3.06. The summed E-state index contributed by atoms with van der Waals surface area (Å²) in [7, 11) is 0. The zero-order chi connectivity index (χ0) is 6.41. The van der Waals surface area contributed by atoms with Gasteiger partial charge in [0.05, 0.1) is 0 Å². The van der Waals surface area contributed by atoms with Crippen LogP contribution < -0.4 is 17.5 Å². The summed E-state index contributed by atoms with van der Waals surface area (Å²) in [4.78, 5) is 9.76. The van der Waals surface area contributed by atoms with Gasteiger partial charge in [-0.25, -0.2) is 0 Å². The molecule has 56 valence electrons. The molecule has 0 aromatic heterocycles. The molecule has 0 N–H and O–H groups in total. The van der Waals surface area contributed by atoms with Crippen molar-refractivity contribution < 1.29 is 22.3 Å². The first-order valence-corrected chi connectivity index (χ1v) is 2.97. The third-order valence-electron chi connectivity index (χ3n) is 0.984. The van der Waals surface area contributed by atoms with Crippen LogP contribution in [0, 0.1) is 0 Å². The molecule has 0 rings (SSSR count). The van der Waals surface area contributed by atoms with E-state index in [1.807, 2.05) is 6.92 Å². The quantitative estimate of drug-likeness (QED) is 0.336. The van der Waals surface area contributed by atoms with E-state index >= 15 is 0 Å². The number of aliphatic carboxylic acids is 1. The van der Waals surface area contributed by atoms with E-state index in [1.165, 1.54) is 0 Å². The van der Waals surface area contributed by atoms with Gasteiger partial charge in [0.2, 0.25) is 0 Å². The summed E-state index contributed by atoms with van der Waals surface area (Å²) in [6, 6.07) is 0. The zero-order valence-corrected chi connectivity index (χ0v) is 8.40. The Balaban J connectivity index is -0.000000245. The predicted molar refractivity (Wildman–Crippen MR) is 34.9 cm³/mol. The van der Waals surface area contributed by atoms with Crippen molar-refractivity contribution in [1.82, 2.24) is 0 Å². The number of carboxylic acids is 1. The second kappa shape index (κ2) is 12.2. The Morgan fingerprint density at radius 1 is 1.40 bits per heavy atom. The van der Waals surface area contributed by atoms with Crippen LogP contribution >= 0.6 is 0 Å². The molecule has 0 aromatic rings. The van der Waals surface area contributed by atoms with E-state index in [4.69, 9.17) is 0 Å². The SMILES string of the molecule is CCCCCC(=O)[O-].[Cl-].[Mg+2]. The average molecular weight is 175 g/mol. The molecule has 0 spiro atoms. The van der Waals surface area contributed by atoms with Crippen LogP contribution in [-0.2, 0) is 4.79 Å². The van der Waals surface area contributed by atoms with Crippen LogP contribution in [0.4, 0.5) is 0 Å². The molecule has 0 aromatic carbocycles. The minimum absolute atomic E-state index is 0. The van der Waals surface area contributed by atoms with Crippen molar-refractivity contribution >= 4 is 29.0 Å². The van der Waals surface area contributed by atoms with Gasteiger partial charge in [-0.2, -0.15) is 0 Å². The van der Waals surface area contributed by atoms with Gasteiger partial charge in [0.1, 0.15) is 0 Å². The zero-order valence-electron chi connectivity index (χ0n) is 6.23. The van der Waals surface area contributed by atoms with E-state index in [9.17, 15) is 9.90 Å². The summed E-state index contributed by atoms with van der Waals surface area (Å²) in [6.45, 7) is 2.04. The summed E-state index contributed by atoms with van der Waals surface area (Å²) in [5, 5.41) is 9.76. The van der Waals surface area contributed by atoms with Crippen molar-refractivity contribution in [2.24, 2.45) is 0 Å². The monoisotopic (exact) mass is 174 g/mol. The molecule has 0 saturated carbocycles. The first-order valence-electron chi connectivity index (χ1n) is 2.97. The van der Waals surface area contributed by atoms with Crippen molar-refractivity contribution in [3.05, 3.63) is 0 Å². The molecule has 0 fully saturated rings. The number of hydrogen-bond acceptors (Lipinski definition) is 2. The number of carbonyl (C=O) groups is 1. The Bertz CT molecular complexity index is 78.1. The van der Waals surface area contributed by atoms with Crippen LogP contribution in [0.3, 0.4) is 0 Å². The van der Waals surface area contributed by atoms with Crippen LogP contribution in [0.25, 0.3) is 0 Å². The van der Waals surface area contributed by atoms with Crippen LogP contribution in [0.1, 0.15) is 32.6 Å². The van der Waals surface area contributed by atoms with Gasteiger partial charge in [0, 0.05) is 5.97 Å². The summed E-state index contributed by atoms with van der Waals surface area (Å²) < 4.78 is 0. The molecule has 0 bridgehead atoms. The standard InChI is InChI=1S/C6H12O2.ClH.Mg/c1-2-3-4-5-6(7)8;;/h2-5H2,1H3,(H,7,8);1H;/q;;+2/p-2. The van der Waals surface area contributed by atoms with E-state index < -0.39 is 5.97 Å². The van der Waals surface area contributed by atoms with Gasteiger partial charge in [-0.1, -0.05) is 19.8 Å². The molecule has 0 radical (unpaired) electrons. The molecule has 2 nitrogen and oxygen atoms in total. The molecule has 0 aliphatic heterocycles. The Morgan fingerprint density at radius 3 is 2.20 bits per heavy atom. The maximum atomic E-state index is 9.76. The molecular formula is C6H11ClMgO2. The summed E-state index contributed by atoms with van der Waals surface area (Å²) in [6.07, 6.45) is 3.04. The number of carboxylic acid groups (broad SMARTS) is 1. The summed E-state index contributed by atoms with van der Waals surface area (Å²) in [5.41, 5.74) is 0. The van der Waals surface area contributed by atoms with Crippen LogP contribution in [0.5, 0.6) is 0 Å². The van der Waals surface area contributed by atoms with Crippen molar-refractivity contribution in [1.29, 1.82) is 0 Å². The Hall–Kier alpha value is 0.526. The van der Waals surface area contributed by atoms with Crippen LogP contribution in [-0.4, -0.2) is 29.0 Å². The van der Waals surface area contributed by atoms with Gasteiger partial charge >= 0.3 is 23.1 Å². The molecule has 0 atom stereocenters. The van der Waals surface area contributed by atoms with Gasteiger partial charge in [-0.15, -0.1) is 0 Å². The molecular weight excluding hydrogens is 164 g/mol. The minimum atomic E-state index is -0.932. The van der Waals surface area contributed by atoms with Gasteiger partial charge in [0.15, 0.2) is 0 Å². The van der Waals surface area contributed by atoms with E-state index in [-0.39, 0.29) is 41.9 Å². The summed E-state index contributed by atoms with van der Waals surface area (Å²) >= 11 is 0. The molecule has 0 aliphatic carbocycles. The first-order chi connectivity index (χ1) is 3.77. The Kier molecular flexibility index (Phi) is 20.6. The van der Waals surface area contributed by atoms with Gasteiger partial charge in [-0.05, 0) is 12.8 Å². The van der Waals surface area contributed by atoms with Crippen molar-refractivity contribution in [2.45, 2.75) is 32.6 Å². The molecule has 0 saturated heterocycles. The van der Waals surface area contributed by atoms with Crippen molar-refractivity contribution in [3.63, 3.8) is 0 Å². The van der Waals surface area contributed by atoms with Crippen LogP contribution in [0.2, 0.25) is 0 Å². The third kappa shape index (κ3) is 15.8. The fourth-order valence-electron chi connectivity index (χ4n) is 0.519. The number of carbonyl (C=O) groups excluding carboxylic acids is 1. The maximum Gasteiger partial charge on any atom is 2.00 e. The van der Waals surface area contributed by atoms with Gasteiger partial charge in [0.25, 0.3) is 0 Å². The number of hydrogen-bond donors (Lipinski definition) is 0. The summed E-state index contributed by atoms with van der Waals surface area (Å²) in [5.74, 6) is -0.932. The Morgan fingerprint density at radius 2 is 1.90 bits per heavy atom. The second-order valence-electron chi connectivity index (χ2n) is 1.83. The van der Waals surface area contributed by atoms with Gasteiger partial charge in [-0.3, -0.25) is 0 Å². The third-order valence-corrected chi connectivity index (χ3v) is 0.984. The van der Waals surface area contributed by atoms with Crippen LogP contribution in [0.15, 0.2) is 0 Å².